The van der Waals surface area contributed by atoms with Gasteiger partial charge in [0.15, 0.2) is 11.5 Å². The molecule has 3 N–H and O–H groups in total. The molecule has 1 saturated carbocycles. The highest BCUT2D eigenvalue weighted by Gasteiger charge is 2.35. The number of nitrogens with two attached hydrogens (primary N) is 1. The van der Waals surface area contributed by atoms with Crippen molar-refractivity contribution in [1.29, 1.82) is 0 Å². The molecule has 1 aromatic heterocycles. The summed E-state index contributed by atoms with van der Waals surface area (Å²) in [5, 5.41) is 2.93. The molecule has 154 valence electrons. The molecule has 3 rings (SSSR count). The standard InChI is InChI=1S/C20H25N3O3.2ClH/c1-25-17-8-7-16(23-19(24)20(21)9-3-2-4-10-20)12-18(17)26-14-15-6-5-11-22-13-15;;/h5-8,11-13H,2-4,9-10,14,21H2,1H3,(H,23,24);2*1H. The Balaban J connectivity index is 0.00000196. The molecule has 0 atom stereocenters. The minimum Gasteiger partial charge on any atom is -0.493 e. The van der Waals surface area contributed by atoms with E-state index in [1.54, 1.807) is 37.7 Å². The number of carbonyl (C=O) groups excluding carboxylic acids is 1. The molecule has 0 aliphatic heterocycles. The molecular weight excluding hydrogens is 401 g/mol. The van der Waals surface area contributed by atoms with Gasteiger partial charge in [-0.2, -0.15) is 0 Å². The molecule has 1 fully saturated rings. The second-order valence-corrected chi connectivity index (χ2v) is 6.69. The number of aromatic nitrogens is 1. The molecule has 1 amide bonds. The summed E-state index contributed by atoms with van der Waals surface area (Å²) in [7, 11) is 1.58. The number of hydrogen-bond acceptors (Lipinski definition) is 5. The molecule has 1 aliphatic carbocycles. The van der Waals surface area contributed by atoms with Gasteiger partial charge in [-0.3, -0.25) is 9.78 Å². The lowest BCUT2D eigenvalue weighted by Gasteiger charge is -2.31. The monoisotopic (exact) mass is 427 g/mol. The maximum absolute atomic E-state index is 12.6. The topological polar surface area (TPSA) is 86.5 Å². The van der Waals surface area contributed by atoms with Crippen LogP contribution < -0.4 is 20.5 Å². The number of amides is 1. The van der Waals surface area contributed by atoms with Crippen LogP contribution in [0, 0.1) is 0 Å². The van der Waals surface area contributed by atoms with Crippen LogP contribution in [0.15, 0.2) is 42.7 Å². The van der Waals surface area contributed by atoms with Gasteiger partial charge in [0.1, 0.15) is 6.61 Å². The summed E-state index contributed by atoms with van der Waals surface area (Å²) in [5.41, 5.74) is 7.12. The van der Waals surface area contributed by atoms with E-state index >= 15 is 0 Å². The van der Waals surface area contributed by atoms with Gasteiger partial charge in [-0.25, -0.2) is 0 Å². The molecule has 1 aliphatic rings. The van der Waals surface area contributed by atoms with Crippen molar-refractivity contribution in [3.63, 3.8) is 0 Å². The van der Waals surface area contributed by atoms with Crippen molar-refractivity contribution in [1.82, 2.24) is 4.98 Å². The van der Waals surface area contributed by atoms with Gasteiger partial charge in [0.25, 0.3) is 0 Å². The number of methoxy groups -OCH3 is 1. The first-order valence-corrected chi connectivity index (χ1v) is 8.91. The predicted molar refractivity (Wildman–Crippen MR) is 115 cm³/mol. The number of anilines is 1. The van der Waals surface area contributed by atoms with E-state index in [9.17, 15) is 4.79 Å². The lowest BCUT2D eigenvalue weighted by molar-refractivity contribution is -0.122. The second kappa shape index (κ2) is 11.1. The number of rotatable bonds is 6. The van der Waals surface area contributed by atoms with Crippen LogP contribution in [0.2, 0.25) is 0 Å². The predicted octanol–water partition coefficient (Wildman–Crippen LogP) is 4.11. The molecule has 28 heavy (non-hydrogen) atoms. The lowest BCUT2D eigenvalue weighted by atomic mass is 9.82. The third kappa shape index (κ3) is 5.99. The third-order valence-electron chi connectivity index (χ3n) is 4.74. The van der Waals surface area contributed by atoms with Crippen molar-refractivity contribution >= 4 is 36.4 Å². The number of nitrogens with zero attached hydrogens (tertiary/aromatic N) is 1. The number of pyridine rings is 1. The first-order chi connectivity index (χ1) is 12.6. The lowest BCUT2D eigenvalue weighted by Crippen LogP contribution is -2.52. The number of halogens is 2. The summed E-state index contributed by atoms with van der Waals surface area (Å²) in [6, 6.07) is 9.13. The highest BCUT2D eigenvalue weighted by molar-refractivity contribution is 5.98. The van der Waals surface area contributed by atoms with Crippen LogP contribution >= 0.6 is 24.8 Å². The fraction of sp³-hybridized carbons (Fsp3) is 0.400. The molecule has 0 spiro atoms. The molecule has 1 aromatic carbocycles. The summed E-state index contributed by atoms with van der Waals surface area (Å²) >= 11 is 0. The highest BCUT2D eigenvalue weighted by atomic mass is 35.5. The van der Waals surface area contributed by atoms with E-state index in [-0.39, 0.29) is 30.7 Å². The zero-order valence-electron chi connectivity index (χ0n) is 15.8. The number of nitrogens with one attached hydrogen (secondary N) is 1. The fourth-order valence-corrected chi connectivity index (χ4v) is 3.18. The first-order valence-electron chi connectivity index (χ1n) is 8.91. The van der Waals surface area contributed by atoms with Crippen LogP contribution in [0.4, 0.5) is 5.69 Å². The summed E-state index contributed by atoms with van der Waals surface area (Å²) in [6.07, 6.45) is 8.03. The van der Waals surface area contributed by atoms with Crippen LogP contribution in [0.25, 0.3) is 0 Å². The molecule has 2 aromatic rings. The quantitative estimate of drug-likeness (QED) is 0.723. The number of benzene rings is 1. The molecule has 1 heterocycles. The van der Waals surface area contributed by atoms with E-state index in [0.29, 0.717) is 23.8 Å². The summed E-state index contributed by atoms with van der Waals surface area (Å²) in [4.78, 5) is 16.7. The number of carbonyl (C=O) groups is 1. The molecule has 0 bridgehead atoms. The minimum absolute atomic E-state index is 0. The van der Waals surface area contributed by atoms with Crippen molar-refractivity contribution in [3.05, 3.63) is 48.3 Å². The van der Waals surface area contributed by atoms with Crippen LogP contribution in [0.3, 0.4) is 0 Å². The Morgan fingerprint density at radius 1 is 1.18 bits per heavy atom. The zero-order valence-corrected chi connectivity index (χ0v) is 17.5. The Morgan fingerprint density at radius 2 is 1.93 bits per heavy atom. The van der Waals surface area contributed by atoms with E-state index < -0.39 is 5.54 Å². The van der Waals surface area contributed by atoms with Crippen molar-refractivity contribution in [2.24, 2.45) is 5.73 Å². The Hall–Kier alpha value is -2.02. The van der Waals surface area contributed by atoms with Gasteiger partial charge >= 0.3 is 0 Å². The van der Waals surface area contributed by atoms with Crippen molar-refractivity contribution in [3.8, 4) is 11.5 Å². The van der Waals surface area contributed by atoms with Crippen LogP contribution in [-0.2, 0) is 11.4 Å². The average molecular weight is 428 g/mol. The van der Waals surface area contributed by atoms with Crippen molar-refractivity contribution in [2.45, 2.75) is 44.2 Å². The van der Waals surface area contributed by atoms with Gasteiger partial charge in [-0.15, -0.1) is 24.8 Å². The molecule has 6 nitrogen and oxygen atoms in total. The van der Waals surface area contributed by atoms with Crippen LogP contribution in [0.1, 0.15) is 37.7 Å². The highest BCUT2D eigenvalue weighted by Crippen LogP contribution is 2.32. The van der Waals surface area contributed by atoms with Gasteiger partial charge in [-0.1, -0.05) is 25.3 Å². The number of ether oxygens (including phenoxy) is 2. The van der Waals surface area contributed by atoms with E-state index in [2.05, 4.69) is 10.3 Å². The summed E-state index contributed by atoms with van der Waals surface area (Å²) in [5.74, 6) is 1.02. The SMILES string of the molecule is COc1ccc(NC(=O)C2(N)CCCCC2)cc1OCc1cccnc1.Cl.Cl. The van der Waals surface area contributed by atoms with Gasteiger partial charge in [-0.05, 0) is 31.0 Å². The maximum Gasteiger partial charge on any atom is 0.244 e. The normalized spacial score (nSPS) is 14.8. The van der Waals surface area contributed by atoms with E-state index in [0.717, 1.165) is 37.7 Å². The average Bonchev–Trinajstić information content (AvgIpc) is 2.68. The molecule has 0 radical (unpaired) electrons. The Labute approximate surface area is 178 Å². The molecular formula is C20H27Cl2N3O3. The summed E-state index contributed by atoms with van der Waals surface area (Å²) in [6.45, 7) is 0.364. The van der Waals surface area contributed by atoms with Gasteiger partial charge < -0.3 is 20.5 Å². The van der Waals surface area contributed by atoms with Crippen LogP contribution in [-0.4, -0.2) is 23.5 Å². The van der Waals surface area contributed by atoms with Crippen molar-refractivity contribution in [2.75, 3.05) is 12.4 Å². The Bertz CT molecular complexity index is 754. The number of hydrogen-bond donors (Lipinski definition) is 2. The van der Waals surface area contributed by atoms with Gasteiger partial charge in [0.2, 0.25) is 5.91 Å². The smallest absolute Gasteiger partial charge is 0.244 e. The molecule has 0 saturated heterocycles. The van der Waals surface area contributed by atoms with Gasteiger partial charge in [0.05, 0.1) is 12.6 Å². The van der Waals surface area contributed by atoms with E-state index in [1.807, 2.05) is 12.1 Å². The first kappa shape index (κ1) is 24.0. The fourth-order valence-electron chi connectivity index (χ4n) is 3.18. The minimum atomic E-state index is -0.783. The third-order valence-corrected chi connectivity index (χ3v) is 4.74. The molecule has 0 unspecified atom stereocenters. The van der Waals surface area contributed by atoms with Crippen LogP contribution in [0.5, 0.6) is 11.5 Å². The Kier molecular flexibility index (Phi) is 9.52. The second-order valence-electron chi connectivity index (χ2n) is 6.69. The Morgan fingerprint density at radius 3 is 2.57 bits per heavy atom. The molecule has 8 heteroatoms. The van der Waals surface area contributed by atoms with Gasteiger partial charge in [0, 0.05) is 29.7 Å². The van der Waals surface area contributed by atoms with Crippen molar-refractivity contribution < 1.29 is 14.3 Å². The van der Waals surface area contributed by atoms with E-state index in [4.69, 9.17) is 15.2 Å². The summed E-state index contributed by atoms with van der Waals surface area (Å²) < 4.78 is 11.2. The van der Waals surface area contributed by atoms with E-state index in [1.165, 1.54) is 0 Å². The zero-order chi connectivity index (χ0) is 18.4. The largest absolute Gasteiger partial charge is 0.493 e. The maximum atomic E-state index is 12.6.